The number of para-hydroxylation sites is 1. The molecule has 3 N–H and O–H groups in total. The van der Waals surface area contributed by atoms with Crippen LogP contribution < -0.4 is 20.9 Å². The maximum atomic E-state index is 13.5. The van der Waals surface area contributed by atoms with Crippen LogP contribution in [0.25, 0.3) is 11.1 Å². The maximum absolute atomic E-state index is 13.5. The Hall–Kier alpha value is -3.19. The Kier molecular flexibility index (Phi) is 9.26. The third kappa shape index (κ3) is 6.32. The van der Waals surface area contributed by atoms with Crippen molar-refractivity contribution in [2.24, 2.45) is 11.8 Å². The number of likely N-dealkylation sites (N-methyl/N-ethyl adjacent to an activating group) is 1. The van der Waals surface area contributed by atoms with Gasteiger partial charge in [-0.3, -0.25) is 14.4 Å². The number of rotatable bonds is 10. The van der Waals surface area contributed by atoms with Gasteiger partial charge in [-0.25, -0.2) is 0 Å². The van der Waals surface area contributed by atoms with Crippen molar-refractivity contribution in [2.75, 3.05) is 18.5 Å². The summed E-state index contributed by atoms with van der Waals surface area (Å²) in [5, 5.41) is 9.09. The van der Waals surface area contributed by atoms with Crippen LogP contribution in [0.2, 0.25) is 0 Å². The lowest BCUT2D eigenvalue weighted by molar-refractivity contribution is -0.132. The van der Waals surface area contributed by atoms with Crippen molar-refractivity contribution < 1.29 is 14.4 Å². The molecule has 36 heavy (non-hydrogen) atoms. The molecule has 1 unspecified atom stereocenters. The van der Waals surface area contributed by atoms with Gasteiger partial charge in [-0.1, -0.05) is 70.2 Å². The monoisotopic (exact) mass is 492 g/mol. The molecule has 1 aliphatic rings. The van der Waals surface area contributed by atoms with E-state index in [4.69, 9.17) is 0 Å². The molecular weight excluding hydrogens is 452 g/mol. The number of fused-ring (bicyclic) bond motifs is 3. The van der Waals surface area contributed by atoms with E-state index >= 15 is 0 Å². The van der Waals surface area contributed by atoms with E-state index < -0.39 is 24.0 Å². The average Bonchev–Trinajstić information content (AvgIpc) is 2.93. The number of carbonyl (C=O) groups is 3. The minimum Gasteiger partial charge on any atom is -0.343 e. The van der Waals surface area contributed by atoms with E-state index in [2.05, 4.69) is 29.8 Å². The average molecular weight is 493 g/mol. The molecule has 3 rings (SSSR count). The number of carbonyl (C=O) groups excluding carboxylic acids is 3. The third-order valence-corrected chi connectivity index (χ3v) is 6.72. The molecule has 1 heterocycles. The van der Waals surface area contributed by atoms with Crippen LogP contribution in [-0.2, 0) is 14.4 Å². The lowest BCUT2D eigenvalue weighted by Crippen LogP contribution is -2.54. The summed E-state index contributed by atoms with van der Waals surface area (Å²) in [5.41, 5.74) is 3.36. The molecule has 0 aromatic heterocycles. The highest BCUT2D eigenvalue weighted by Gasteiger charge is 2.34. The predicted molar refractivity (Wildman–Crippen MR) is 144 cm³/mol. The maximum Gasteiger partial charge on any atom is 0.253 e. The Labute approximate surface area is 215 Å². The first-order valence-corrected chi connectivity index (χ1v) is 12.9. The summed E-state index contributed by atoms with van der Waals surface area (Å²) in [6, 6.07) is 13.3. The van der Waals surface area contributed by atoms with Crippen molar-refractivity contribution in [2.45, 2.75) is 65.6 Å². The molecule has 0 fully saturated rings. The molecule has 0 saturated carbocycles. The summed E-state index contributed by atoms with van der Waals surface area (Å²) in [6.45, 7) is 10.7. The van der Waals surface area contributed by atoms with Gasteiger partial charge < -0.3 is 20.9 Å². The number of nitrogens with one attached hydrogen (secondary N) is 3. The first-order chi connectivity index (χ1) is 17.1. The second-order valence-corrected chi connectivity index (χ2v) is 10.4. The lowest BCUT2D eigenvalue weighted by atomic mass is 9.95. The van der Waals surface area contributed by atoms with Crippen molar-refractivity contribution in [3.63, 3.8) is 0 Å². The number of hydrogen-bond acceptors (Lipinski definition) is 4. The van der Waals surface area contributed by atoms with E-state index in [9.17, 15) is 14.4 Å². The van der Waals surface area contributed by atoms with Crippen molar-refractivity contribution in [1.82, 2.24) is 16.0 Å². The summed E-state index contributed by atoms with van der Waals surface area (Å²) in [4.78, 5) is 41.3. The van der Waals surface area contributed by atoms with Crippen molar-refractivity contribution >= 4 is 23.4 Å². The van der Waals surface area contributed by atoms with Gasteiger partial charge in [0.2, 0.25) is 11.8 Å². The molecule has 0 spiro atoms. The van der Waals surface area contributed by atoms with Gasteiger partial charge in [0.15, 0.2) is 0 Å². The first kappa shape index (κ1) is 27.4. The molecule has 2 aromatic rings. The standard InChI is InChI=1S/C29H40N4O3/c1-18(2)12-11-17-30-25(19(3)4)28(35)31-20(5)27(34)32-26-23-15-8-7-13-21(23)22-14-9-10-16-24(22)33(6)29(26)36/h7-10,13-16,18-20,25-26,30H,11-12,17H2,1-6H3,(H,31,35)(H,32,34)/t20-,25?,26-/m0/s1. The molecule has 2 aromatic carbocycles. The highest BCUT2D eigenvalue weighted by Crippen LogP contribution is 2.39. The number of hydrogen-bond donors (Lipinski definition) is 3. The summed E-state index contributed by atoms with van der Waals surface area (Å²) < 4.78 is 0. The lowest BCUT2D eigenvalue weighted by Gasteiger charge is -2.26. The molecule has 3 amide bonds. The van der Waals surface area contributed by atoms with Gasteiger partial charge in [0.1, 0.15) is 12.1 Å². The van der Waals surface area contributed by atoms with Gasteiger partial charge in [-0.2, -0.15) is 0 Å². The number of anilines is 1. The highest BCUT2D eigenvalue weighted by atomic mass is 16.2. The molecule has 194 valence electrons. The van der Waals surface area contributed by atoms with Gasteiger partial charge in [-0.05, 0) is 55.3 Å². The predicted octanol–water partition coefficient (Wildman–Crippen LogP) is 4.04. The summed E-state index contributed by atoms with van der Waals surface area (Å²) >= 11 is 0. The number of benzene rings is 2. The number of amides is 3. The van der Waals surface area contributed by atoms with Gasteiger partial charge in [-0.15, -0.1) is 0 Å². The topological polar surface area (TPSA) is 90.5 Å². The quantitative estimate of drug-likeness (QED) is 0.437. The summed E-state index contributed by atoms with van der Waals surface area (Å²) in [6.07, 6.45) is 2.08. The molecule has 0 saturated heterocycles. The molecule has 7 heteroatoms. The van der Waals surface area contributed by atoms with E-state index in [1.807, 2.05) is 62.4 Å². The van der Waals surface area contributed by atoms with Crippen LogP contribution in [0.4, 0.5) is 5.69 Å². The minimum absolute atomic E-state index is 0.0711. The van der Waals surface area contributed by atoms with Gasteiger partial charge in [0.05, 0.1) is 11.7 Å². The minimum atomic E-state index is -0.861. The molecule has 0 aliphatic carbocycles. The Balaban J connectivity index is 1.73. The zero-order valence-electron chi connectivity index (χ0n) is 22.3. The van der Waals surface area contributed by atoms with Crippen molar-refractivity contribution in [3.8, 4) is 11.1 Å². The Morgan fingerprint density at radius 3 is 2.22 bits per heavy atom. The van der Waals surface area contributed by atoms with E-state index in [1.165, 1.54) is 0 Å². The van der Waals surface area contributed by atoms with Crippen molar-refractivity contribution in [3.05, 3.63) is 54.1 Å². The van der Waals surface area contributed by atoms with Crippen LogP contribution >= 0.6 is 0 Å². The smallest absolute Gasteiger partial charge is 0.253 e. The molecular formula is C29H40N4O3. The summed E-state index contributed by atoms with van der Waals surface area (Å²) in [5.74, 6) is -0.161. The first-order valence-electron chi connectivity index (χ1n) is 12.9. The zero-order chi connectivity index (χ0) is 26.4. The molecule has 7 nitrogen and oxygen atoms in total. The Morgan fingerprint density at radius 2 is 1.56 bits per heavy atom. The van der Waals surface area contributed by atoms with Crippen LogP contribution in [0.5, 0.6) is 0 Å². The van der Waals surface area contributed by atoms with Gasteiger partial charge in [0, 0.05) is 12.6 Å². The Bertz CT molecular complexity index is 1080. The zero-order valence-corrected chi connectivity index (χ0v) is 22.3. The highest BCUT2D eigenvalue weighted by molar-refractivity contribution is 6.06. The van der Waals surface area contributed by atoms with Gasteiger partial charge in [0.25, 0.3) is 5.91 Å². The molecule has 0 bridgehead atoms. The van der Waals surface area contributed by atoms with Crippen LogP contribution in [-0.4, -0.2) is 43.4 Å². The van der Waals surface area contributed by atoms with E-state index in [0.717, 1.165) is 41.8 Å². The van der Waals surface area contributed by atoms with E-state index in [-0.39, 0.29) is 17.7 Å². The number of nitrogens with zero attached hydrogens (tertiary/aromatic N) is 1. The SMILES string of the molecule is CC(C)CCCNC(C(=O)N[C@@H](C)C(=O)N[C@@H]1C(=O)N(C)c2ccccc2-c2ccccc21)C(C)C. The molecule has 3 atom stereocenters. The molecule has 1 aliphatic heterocycles. The van der Waals surface area contributed by atoms with Crippen LogP contribution in [0, 0.1) is 11.8 Å². The Morgan fingerprint density at radius 1 is 0.917 bits per heavy atom. The normalized spacial score (nSPS) is 16.7. The third-order valence-electron chi connectivity index (χ3n) is 6.72. The fourth-order valence-corrected chi connectivity index (χ4v) is 4.61. The summed E-state index contributed by atoms with van der Waals surface area (Å²) in [7, 11) is 1.72. The van der Waals surface area contributed by atoms with Crippen molar-refractivity contribution in [1.29, 1.82) is 0 Å². The van der Waals surface area contributed by atoms with Crippen LogP contribution in [0.15, 0.2) is 48.5 Å². The second-order valence-electron chi connectivity index (χ2n) is 10.4. The van der Waals surface area contributed by atoms with Gasteiger partial charge >= 0.3 is 0 Å². The largest absolute Gasteiger partial charge is 0.343 e. The van der Waals surface area contributed by atoms with Crippen LogP contribution in [0.1, 0.15) is 59.1 Å². The van der Waals surface area contributed by atoms with E-state index in [1.54, 1.807) is 18.9 Å². The second kappa shape index (κ2) is 12.2. The fraction of sp³-hybridized carbons (Fsp3) is 0.483. The fourth-order valence-electron chi connectivity index (χ4n) is 4.61. The molecule has 0 radical (unpaired) electrons. The van der Waals surface area contributed by atoms with Crippen LogP contribution in [0.3, 0.4) is 0 Å². The van der Waals surface area contributed by atoms with E-state index in [0.29, 0.717) is 5.92 Å².